The number of rotatable bonds is 7. The maximum Gasteiger partial charge on any atom is 0.123 e. The van der Waals surface area contributed by atoms with Crippen LogP contribution < -0.4 is 21.6 Å². The van der Waals surface area contributed by atoms with Crippen LogP contribution in [-0.2, 0) is 0 Å². The lowest BCUT2D eigenvalue weighted by Crippen LogP contribution is -2.38. The number of benzene rings is 2. The molecular formula is C27H27ClFN7. The summed E-state index contributed by atoms with van der Waals surface area (Å²) in [6.07, 6.45) is 6.57. The first-order valence-electron chi connectivity index (χ1n) is 12.5. The molecule has 2 unspecified atom stereocenters. The minimum absolute atomic E-state index is 0.141. The lowest BCUT2D eigenvalue weighted by molar-refractivity contribution is 0.260. The third-order valence-corrected chi connectivity index (χ3v) is 7.37. The van der Waals surface area contributed by atoms with Crippen molar-refractivity contribution in [1.82, 2.24) is 21.0 Å². The van der Waals surface area contributed by atoms with Crippen molar-refractivity contribution < 1.29 is 5.76 Å². The van der Waals surface area contributed by atoms with Crippen LogP contribution in [0.5, 0.6) is 0 Å². The van der Waals surface area contributed by atoms with E-state index in [4.69, 9.17) is 11.6 Å². The largest absolute Gasteiger partial charge is 0.380 e. The van der Waals surface area contributed by atoms with Gasteiger partial charge >= 0.3 is 0 Å². The molecule has 184 valence electrons. The van der Waals surface area contributed by atoms with Crippen molar-refractivity contribution in [3.8, 4) is 6.07 Å². The lowest BCUT2D eigenvalue weighted by atomic mass is 10.0. The Labute approximate surface area is 215 Å². The highest BCUT2D eigenvalue weighted by molar-refractivity contribution is 6.35. The summed E-state index contributed by atoms with van der Waals surface area (Å²) in [5, 5.41) is 19.7. The first-order chi connectivity index (χ1) is 17.7. The molecule has 2 aliphatic carbocycles. The van der Waals surface area contributed by atoms with Crippen LogP contribution in [0.4, 0.5) is 15.8 Å². The average molecular weight is 505 g/mol. The van der Waals surface area contributed by atoms with Crippen molar-refractivity contribution in [2.45, 2.75) is 51.2 Å². The summed E-state index contributed by atoms with van der Waals surface area (Å²) >= 11 is 6.69. The van der Waals surface area contributed by atoms with Crippen molar-refractivity contribution in [3.63, 3.8) is 0 Å². The number of nitriles is 1. The number of pyridine rings is 1. The molecule has 1 aromatic heterocycles. The maximum atomic E-state index is 13.8. The maximum absolute atomic E-state index is 13.8. The highest BCUT2D eigenvalue weighted by Crippen LogP contribution is 2.48. The van der Waals surface area contributed by atoms with Gasteiger partial charge in [-0.1, -0.05) is 37.6 Å². The molecule has 36 heavy (non-hydrogen) atoms. The van der Waals surface area contributed by atoms with Gasteiger partial charge in [-0.15, -0.1) is 5.53 Å². The number of fused-ring (bicyclic) bond motifs is 1. The van der Waals surface area contributed by atoms with Gasteiger partial charge in [0.25, 0.3) is 0 Å². The second-order valence-corrected chi connectivity index (χ2v) is 10.7. The molecule has 1 aliphatic heterocycles. The van der Waals surface area contributed by atoms with Crippen LogP contribution in [0.25, 0.3) is 10.9 Å². The molecule has 0 bridgehead atoms. The van der Waals surface area contributed by atoms with Gasteiger partial charge in [0.15, 0.2) is 0 Å². The highest BCUT2D eigenvalue weighted by atomic mass is 35.5. The van der Waals surface area contributed by atoms with Crippen LogP contribution in [-0.4, -0.2) is 22.1 Å². The molecule has 2 atom stereocenters. The van der Waals surface area contributed by atoms with E-state index in [0.29, 0.717) is 50.2 Å². The monoisotopic (exact) mass is 504 g/mol. The molecule has 2 aromatic carbocycles. The number of hydrogen-bond donors (Lipinski definition) is 4. The van der Waals surface area contributed by atoms with Gasteiger partial charge in [0.2, 0.25) is 0 Å². The molecule has 2 heterocycles. The Bertz CT molecular complexity index is 1460. The summed E-state index contributed by atoms with van der Waals surface area (Å²) in [6.45, 7) is 4.36. The number of nitrogens with one attached hydrogen (secondary N) is 4. The zero-order chi connectivity index (χ0) is 25.9. The van der Waals surface area contributed by atoms with E-state index in [0.717, 1.165) is 19.3 Å². The van der Waals surface area contributed by atoms with Gasteiger partial charge < -0.3 is 16.1 Å². The van der Waals surface area contributed by atoms with Gasteiger partial charge in [-0.25, -0.2) is 4.39 Å². The summed E-state index contributed by atoms with van der Waals surface area (Å²) in [5.74, 6) is -0.375. The number of anilines is 2. The van der Waals surface area contributed by atoms with Gasteiger partial charge in [0.1, 0.15) is 11.9 Å². The Morgan fingerprint density at radius 3 is 2.72 bits per heavy atom. The van der Waals surface area contributed by atoms with Crippen LogP contribution in [0.2, 0.25) is 5.02 Å². The molecule has 0 saturated heterocycles. The average Bonchev–Trinajstić information content (AvgIpc) is 3.75. The number of hydrazine groups is 2. The fourth-order valence-electron chi connectivity index (χ4n) is 4.52. The molecule has 6 rings (SSSR count). The standard InChI is InChI=1S/C27H27ClFN7/c1-27(2)11-23(27)33-24-16(12-30)13-31-26-20(24)9-18(10-21(26)28)32-25(15-3-5-17(29)6-4-15)22-14-36(35-34-22)19-7-8-19/h3-6,9-10,13-14,19,23,25,32,34-35H,7-8,11H2,1-2H3,(H,31,33)/i25D. The van der Waals surface area contributed by atoms with E-state index in [1.807, 2.05) is 17.3 Å². The third-order valence-electron chi connectivity index (χ3n) is 7.08. The van der Waals surface area contributed by atoms with Crippen molar-refractivity contribution >= 4 is 33.9 Å². The van der Waals surface area contributed by atoms with Crippen molar-refractivity contribution in [3.05, 3.63) is 76.5 Å². The Hall–Kier alpha value is -3.54. The Kier molecular flexibility index (Phi) is 5.15. The molecule has 0 spiro atoms. The van der Waals surface area contributed by atoms with E-state index >= 15 is 0 Å². The van der Waals surface area contributed by atoms with Crippen LogP contribution in [0, 0.1) is 22.6 Å². The molecule has 2 saturated carbocycles. The number of aromatic nitrogens is 1. The van der Waals surface area contributed by atoms with Crippen molar-refractivity contribution in [2.75, 3.05) is 10.6 Å². The SMILES string of the molecule is [2H]C(Nc1cc(Cl)c2ncc(C#N)c(NC3CC3(C)C)c2c1)(C1=CN(C2CC2)NN1)c1ccc(F)cc1. The summed E-state index contributed by atoms with van der Waals surface area (Å²) < 4.78 is 23.3. The number of hydrogen-bond acceptors (Lipinski definition) is 7. The summed E-state index contributed by atoms with van der Waals surface area (Å²) in [7, 11) is 0. The van der Waals surface area contributed by atoms with Crippen molar-refractivity contribution in [2.24, 2.45) is 5.41 Å². The zero-order valence-corrected chi connectivity index (χ0v) is 20.7. The molecule has 0 radical (unpaired) electrons. The van der Waals surface area contributed by atoms with Crippen molar-refractivity contribution in [1.29, 1.82) is 5.26 Å². The van der Waals surface area contributed by atoms with E-state index < -0.39 is 6.02 Å². The number of halogens is 2. The summed E-state index contributed by atoms with van der Waals surface area (Å²) in [5.41, 5.74) is 9.75. The van der Waals surface area contributed by atoms with E-state index in [1.54, 1.807) is 18.2 Å². The van der Waals surface area contributed by atoms with Gasteiger partial charge in [-0.3, -0.25) is 9.99 Å². The van der Waals surface area contributed by atoms with E-state index in [9.17, 15) is 11.0 Å². The lowest BCUT2D eigenvalue weighted by Gasteiger charge is -2.22. The van der Waals surface area contributed by atoms with Gasteiger partial charge in [-0.2, -0.15) is 5.26 Å². The van der Waals surface area contributed by atoms with Crippen LogP contribution >= 0.6 is 11.6 Å². The first-order valence-corrected chi connectivity index (χ1v) is 12.4. The zero-order valence-electron chi connectivity index (χ0n) is 21.0. The van der Waals surface area contributed by atoms with Gasteiger partial charge in [-0.05, 0) is 54.5 Å². The van der Waals surface area contributed by atoms with E-state index in [2.05, 4.69) is 46.5 Å². The predicted octanol–water partition coefficient (Wildman–Crippen LogP) is 5.59. The fourth-order valence-corrected chi connectivity index (χ4v) is 4.79. The smallest absolute Gasteiger partial charge is 0.123 e. The Balaban J connectivity index is 1.44. The molecule has 9 heteroatoms. The molecule has 3 aliphatic rings. The normalized spacial score (nSPS) is 22.2. The first kappa shape index (κ1) is 21.7. The molecular weight excluding hydrogens is 477 g/mol. The van der Waals surface area contributed by atoms with Crippen LogP contribution in [0.15, 0.2) is 54.5 Å². The van der Waals surface area contributed by atoms with Crippen LogP contribution in [0.1, 0.15) is 51.6 Å². The second-order valence-electron chi connectivity index (χ2n) is 10.3. The quantitative estimate of drug-likeness (QED) is 0.333. The van der Waals surface area contributed by atoms with E-state index in [-0.39, 0.29) is 17.3 Å². The summed E-state index contributed by atoms with van der Waals surface area (Å²) in [6, 6.07) is 10.8. The highest BCUT2D eigenvalue weighted by Gasteiger charge is 2.46. The van der Waals surface area contributed by atoms with Gasteiger partial charge in [0, 0.05) is 35.6 Å². The molecule has 0 amide bonds. The molecule has 3 aromatic rings. The second kappa shape index (κ2) is 8.54. The topological polar surface area (TPSA) is 88.0 Å². The van der Waals surface area contributed by atoms with Crippen LogP contribution in [0.3, 0.4) is 0 Å². The Morgan fingerprint density at radius 1 is 1.31 bits per heavy atom. The Morgan fingerprint density at radius 2 is 2.06 bits per heavy atom. The minimum atomic E-state index is -1.49. The minimum Gasteiger partial charge on any atom is -0.380 e. The summed E-state index contributed by atoms with van der Waals surface area (Å²) in [4.78, 5) is 4.44. The third kappa shape index (κ3) is 4.29. The van der Waals surface area contributed by atoms with Gasteiger partial charge in [0.05, 0.1) is 34.9 Å². The number of nitrogens with zero attached hydrogens (tertiary/aromatic N) is 3. The predicted molar refractivity (Wildman–Crippen MR) is 139 cm³/mol. The molecule has 7 nitrogen and oxygen atoms in total. The molecule has 2 fully saturated rings. The fraction of sp³-hybridized carbons (Fsp3) is 0.333. The van der Waals surface area contributed by atoms with E-state index in [1.165, 1.54) is 18.3 Å². The molecule has 4 N–H and O–H groups in total.